The lowest BCUT2D eigenvalue weighted by Gasteiger charge is -2.33. The quantitative estimate of drug-likeness (QED) is 0.644. The molecule has 1 aromatic heterocycles. The van der Waals surface area contributed by atoms with Crippen molar-refractivity contribution in [2.45, 2.75) is 19.5 Å². The van der Waals surface area contributed by atoms with Crippen LogP contribution >= 0.6 is 12.4 Å². The van der Waals surface area contributed by atoms with Crippen molar-refractivity contribution in [3.05, 3.63) is 22.1 Å². The van der Waals surface area contributed by atoms with Gasteiger partial charge in [0.05, 0.1) is 0 Å². The van der Waals surface area contributed by atoms with Crippen LogP contribution in [0.3, 0.4) is 0 Å². The molecule has 18 heavy (non-hydrogen) atoms. The molecule has 0 radical (unpaired) electrons. The first-order valence-electron chi connectivity index (χ1n) is 5.69. The number of hydrogen-bond acceptors (Lipinski definition) is 5. The standard InChI is InChI=1S/C10H17N5O2.ClH/c1-8-5-11-3-4-14(8)6-9-10(15(16)17)12-7-13(9)2;/h7-8,11H,3-6H2,1-2H3;1H/t8-;/m0./s1. The molecular formula is C10H18ClN5O2. The Morgan fingerprint density at radius 3 is 3.00 bits per heavy atom. The molecule has 2 heterocycles. The molecule has 1 aromatic rings. The first-order chi connectivity index (χ1) is 8.09. The maximum absolute atomic E-state index is 10.9. The number of nitrogens with one attached hydrogen (secondary N) is 1. The van der Waals surface area contributed by atoms with Crippen LogP contribution in [0.25, 0.3) is 0 Å². The molecule has 1 aliphatic rings. The van der Waals surface area contributed by atoms with Gasteiger partial charge in [0.1, 0.15) is 5.69 Å². The summed E-state index contributed by atoms with van der Waals surface area (Å²) in [6, 6.07) is 0.387. The van der Waals surface area contributed by atoms with Crippen LogP contribution in [0.15, 0.2) is 6.33 Å². The summed E-state index contributed by atoms with van der Waals surface area (Å²) in [4.78, 5) is 16.5. The van der Waals surface area contributed by atoms with Crippen LogP contribution in [0.1, 0.15) is 12.6 Å². The van der Waals surface area contributed by atoms with Gasteiger partial charge in [-0.1, -0.05) is 0 Å². The number of aromatic nitrogens is 2. The molecule has 0 spiro atoms. The lowest BCUT2D eigenvalue weighted by atomic mass is 10.2. The molecule has 1 saturated heterocycles. The normalized spacial score (nSPS) is 20.4. The summed E-state index contributed by atoms with van der Waals surface area (Å²) in [6.07, 6.45) is 1.50. The minimum atomic E-state index is -0.414. The minimum Gasteiger partial charge on any atom is -0.358 e. The van der Waals surface area contributed by atoms with Gasteiger partial charge in [-0.2, -0.15) is 0 Å². The van der Waals surface area contributed by atoms with E-state index in [0.29, 0.717) is 18.3 Å². The molecule has 2 rings (SSSR count). The molecule has 1 N–H and O–H groups in total. The summed E-state index contributed by atoms with van der Waals surface area (Å²) in [5, 5.41) is 14.2. The fourth-order valence-corrected chi connectivity index (χ4v) is 2.09. The highest BCUT2D eigenvalue weighted by Crippen LogP contribution is 2.18. The van der Waals surface area contributed by atoms with Crippen LogP contribution in [-0.2, 0) is 13.6 Å². The van der Waals surface area contributed by atoms with Crippen LogP contribution < -0.4 is 5.32 Å². The number of imidazole rings is 1. The third-order valence-corrected chi connectivity index (χ3v) is 3.20. The highest BCUT2D eigenvalue weighted by Gasteiger charge is 2.25. The van der Waals surface area contributed by atoms with Gasteiger partial charge in [0.25, 0.3) is 0 Å². The molecule has 0 saturated carbocycles. The highest BCUT2D eigenvalue weighted by atomic mass is 35.5. The van der Waals surface area contributed by atoms with E-state index in [1.807, 2.05) is 0 Å². The van der Waals surface area contributed by atoms with E-state index in [4.69, 9.17) is 0 Å². The van der Waals surface area contributed by atoms with Gasteiger partial charge in [0, 0.05) is 39.3 Å². The van der Waals surface area contributed by atoms with E-state index < -0.39 is 4.92 Å². The molecule has 0 aliphatic carbocycles. The Morgan fingerprint density at radius 2 is 2.39 bits per heavy atom. The highest BCUT2D eigenvalue weighted by molar-refractivity contribution is 5.85. The minimum absolute atomic E-state index is 0. The molecule has 0 unspecified atom stereocenters. The Labute approximate surface area is 112 Å². The third kappa shape index (κ3) is 2.98. The summed E-state index contributed by atoms with van der Waals surface area (Å²) in [6.45, 7) is 5.45. The van der Waals surface area contributed by atoms with Crippen molar-refractivity contribution >= 4 is 18.2 Å². The van der Waals surface area contributed by atoms with Gasteiger partial charge in [-0.05, 0) is 16.8 Å². The van der Waals surface area contributed by atoms with Crippen LogP contribution in [0.4, 0.5) is 5.82 Å². The molecular weight excluding hydrogens is 258 g/mol. The first kappa shape index (κ1) is 14.9. The number of nitro groups is 1. The Bertz CT molecular complexity index is 422. The summed E-state index contributed by atoms with van der Waals surface area (Å²) in [7, 11) is 1.79. The van der Waals surface area contributed by atoms with Crippen LogP contribution in [0.5, 0.6) is 0 Å². The van der Waals surface area contributed by atoms with Gasteiger partial charge in [0.2, 0.25) is 6.33 Å². The van der Waals surface area contributed by atoms with Crippen LogP contribution in [0, 0.1) is 10.1 Å². The average molecular weight is 276 g/mol. The van der Waals surface area contributed by atoms with Crippen molar-refractivity contribution < 1.29 is 4.92 Å². The Balaban J connectivity index is 0.00000162. The first-order valence-corrected chi connectivity index (χ1v) is 5.69. The molecule has 8 heteroatoms. The van der Waals surface area contributed by atoms with Crippen molar-refractivity contribution in [1.29, 1.82) is 0 Å². The van der Waals surface area contributed by atoms with Crippen LogP contribution in [-0.4, -0.2) is 45.1 Å². The molecule has 0 amide bonds. The van der Waals surface area contributed by atoms with E-state index in [0.717, 1.165) is 19.6 Å². The van der Waals surface area contributed by atoms with E-state index in [-0.39, 0.29) is 18.2 Å². The SMILES string of the molecule is C[C@H]1CNCCN1Cc1c([N+](=O)[O-])ncn1C.Cl. The van der Waals surface area contributed by atoms with E-state index in [1.54, 1.807) is 11.6 Å². The van der Waals surface area contributed by atoms with E-state index in [9.17, 15) is 10.1 Å². The average Bonchev–Trinajstić information content (AvgIpc) is 2.64. The second kappa shape index (κ2) is 6.12. The Morgan fingerprint density at radius 1 is 1.67 bits per heavy atom. The van der Waals surface area contributed by atoms with Gasteiger partial charge in [-0.15, -0.1) is 12.4 Å². The number of halogens is 1. The van der Waals surface area contributed by atoms with Gasteiger partial charge in [0.15, 0.2) is 0 Å². The fourth-order valence-electron chi connectivity index (χ4n) is 2.09. The molecule has 1 fully saturated rings. The number of hydrogen-bond donors (Lipinski definition) is 1. The zero-order valence-corrected chi connectivity index (χ0v) is 11.3. The molecule has 1 atom stereocenters. The summed E-state index contributed by atoms with van der Waals surface area (Å²) in [5.74, 6) is -0.0294. The van der Waals surface area contributed by atoms with E-state index in [2.05, 4.69) is 22.1 Å². The largest absolute Gasteiger partial charge is 0.386 e. The third-order valence-electron chi connectivity index (χ3n) is 3.20. The van der Waals surface area contributed by atoms with Crippen molar-refractivity contribution in [3.8, 4) is 0 Å². The smallest absolute Gasteiger partial charge is 0.358 e. The van der Waals surface area contributed by atoms with E-state index in [1.165, 1.54) is 6.33 Å². The maximum atomic E-state index is 10.9. The number of nitrogens with zero attached hydrogens (tertiary/aromatic N) is 4. The molecule has 0 aromatic carbocycles. The summed E-state index contributed by atoms with van der Waals surface area (Å²) < 4.78 is 1.73. The fraction of sp³-hybridized carbons (Fsp3) is 0.700. The van der Waals surface area contributed by atoms with Gasteiger partial charge < -0.3 is 20.0 Å². The Kier molecular flexibility index (Phi) is 5.06. The van der Waals surface area contributed by atoms with Gasteiger partial charge >= 0.3 is 5.82 Å². The van der Waals surface area contributed by atoms with E-state index >= 15 is 0 Å². The lowest BCUT2D eigenvalue weighted by molar-refractivity contribution is -0.390. The number of rotatable bonds is 3. The monoisotopic (exact) mass is 275 g/mol. The van der Waals surface area contributed by atoms with Crippen LogP contribution in [0.2, 0.25) is 0 Å². The molecule has 7 nitrogen and oxygen atoms in total. The predicted octanol–water partition coefficient (Wildman–Crippen LogP) is 0.544. The topological polar surface area (TPSA) is 76.2 Å². The Hall–Kier alpha value is -1.18. The number of aryl methyl sites for hydroxylation is 1. The second-order valence-electron chi connectivity index (χ2n) is 4.41. The summed E-state index contributed by atoms with van der Waals surface area (Å²) >= 11 is 0. The van der Waals surface area contributed by atoms with Gasteiger partial charge in [-0.3, -0.25) is 4.90 Å². The maximum Gasteiger partial charge on any atom is 0.386 e. The van der Waals surface area contributed by atoms with Crippen molar-refractivity contribution in [1.82, 2.24) is 19.8 Å². The predicted molar refractivity (Wildman–Crippen MR) is 69.9 cm³/mol. The van der Waals surface area contributed by atoms with Crippen molar-refractivity contribution in [3.63, 3.8) is 0 Å². The molecule has 102 valence electrons. The zero-order valence-electron chi connectivity index (χ0n) is 10.5. The second-order valence-corrected chi connectivity index (χ2v) is 4.41. The molecule has 1 aliphatic heterocycles. The molecule has 0 bridgehead atoms. The van der Waals surface area contributed by atoms with Crippen molar-refractivity contribution in [2.75, 3.05) is 19.6 Å². The number of piperazine rings is 1. The lowest BCUT2D eigenvalue weighted by Crippen LogP contribution is -2.49. The summed E-state index contributed by atoms with van der Waals surface area (Å²) in [5.41, 5.74) is 0.670. The zero-order chi connectivity index (χ0) is 12.4. The van der Waals surface area contributed by atoms with Gasteiger partial charge in [-0.25, -0.2) is 0 Å². The van der Waals surface area contributed by atoms with Crippen molar-refractivity contribution in [2.24, 2.45) is 7.05 Å².